The minimum absolute atomic E-state index is 0.0252. The smallest absolute Gasteiger partial charge is 0.243 e. The van der Waals surface area contributed by atoms with Crippen molar-refractivity contribution in [2.24, 2.45) is 10.9 Å². The average Bonchev–Trinajstić information content (AvgIpc) is 3.25. The summed E-state index contributed by atoms with van der Waals surface area (Å²) in [6, 6.07) is 0. The van der Waals surface area contributed by atoms with Crippen LogP contribution in [0.5, 0.6) is 0 Å². The van der Waals surface area contributed by atoms with Crippen molar-refractivity contribution < 1.29 is 9.53 Å². The predicted molar refractivity (Wildman–Crippen MR) is 96.3 cm³/mol. The first-order chi connectivity index (χ1) is 11.6. The molecule has 2 rings (SSSR count). The SMILES string of the molecule is CCc1cnc(CNC(=NCC(=O)N(C)C)NCC2CCOC2)s1. The largest absolute Gasteiger partial charge is 0.381 e. The third-order valence-electron chi connectivity index (χ3n) is 3.81. The zero-order chi connectivity index (χ0) is 17.4. The highest BCUT2D eigenvalue weighted by Crippen LogP contribution is 2.13. The molecule has 0 aliphatic carbocycles. The van der Waals surface area contributed by atoms with Crippen LogP contribution < -0.4 is 10.6 Å². The van der Waals surface area contributed by atoms with E-state index in [1.54, 1.807) is 30.3 Å². The summed E-state index contributed by atoms with van der Waals surface area (Å²) in [6.07, 6.45) is 3.97. The summed E-state index contributed by atoms with van der Waals surface area (Å²) in [5.74, 6) is 1.11. The quantitative estimate of drug-likeness (QED) is 0.562. The van der Waals surface area contributed by atoms with Crippen LogP contribution in [0, 0.1) is 5.92 Å². The van der Waals surface area contributed by atoms with Crippen molar-refractivity contribution in [2.45, 2.75) is 26.3 Å². The molecule has 2 heterocycles. The zero-order valence-electron chi connectivity index (χ0n) is 14.7. The van der Waals surface area contributed by atoms with Crippen LogP contribution in [0.2, 0.25) is 0 Å². The summed E-state index contributed by atoms with van der Waals surface area (Å²) in [6.45, 7) is 5.25. The standard InChI is InChI=1S/C16H27N5O2S/c1-4-13-8-17-14(24-13)9-19-16(20-10-15(22)21(2)3)18-7-12-5-6-23-11-12/h8,12H,4-7,9-11H2,1-3H3,(H2,18,19,20). The van der Waals surface area contributed by atoms with Gasteiger partial charge in [-0.05, 0) is 12.8 Å². The summed E-state index contributed by atoms with van der Waals surface area (Å²) >= 11 is 1.70. The number of aromatic nitrogens is 1. The van der Waals surface area contributed by atoms with E-state index in [0.717, 1.165) is 37.6 Å². The highest BCUT2D eigenvalue weighted by atomic mass is 32.1. The summed E-state index contributed by atoms with van der Waals surface area (Å²) < 4.78 is 5.39. The van der Waals surface area contributed by atoms with Gasteiger partial charge in [-0.1, -0.05) is 6.92 Å². The van der Waals surface area contributed by atoms with Gasteiger partial charge in [0.25, 0.3) is 0 Å². The number of nitrogens with zero attached hydrogens (tertiary/aromatic N) is 3. The highest BCUT2D eigenvalue weighted by molar-refractivity contribution is 7.11. The second-order valence-electron chi connectivity index (χ2n) is 5.99. The van der Waals surface area contributed by atoms with Crippen molar-refractivity contribution in [1.82, 2.24) is 20.5 Å². The van der Waals surface area contributed by atoms with E-state index >= 15 is 0 Å². The number of likely N-dealkylation sites (N-methyl/N-ethyl adjacent to an activating group) is 1. The van der Waals surface area contributed by atoms with E-state index in [-0.39, 0.29) is 12.5 Å². The van der Waals surface area contributed by atoms with Gasteiger partial charge in [0, 0.05) is 44.2 Å². The number of carbonyl (C=O) groups is 1. The predicted octanol–water partition coefficient (Wildman–Crippen LogP) is 0.865. The van der Waals surface area contributed by atoms with E-state index in [2.05, 4.69) is 27.5 Å². The summed E-state index contributed by atoms with van der Waals surface area (Å²) in [5.41, 5.74) is 0. The minimum Gasteiger partial charge on any atom is -0.381 e. The molecule has 0 saturated carbocycles. The molecule has 0 spiro atoms. The number of hydrogen-bond donors (Lipinski definition) is 2. The molecule has 1 aromatic rings. The van der Waals surface area contributed by atoms with Gasteiger partial charge in [-0.25, -0.2) is 9.98 Å². The van der Waals surface area contributed by atoms with E-state index in [4.69, 9.17) is 4.74 Å². The van der Waals surface area contributed by atoms with Gasteiger partial charge in [-0.15, -0.1) is 11.3 Å². The number of aliphatic imine (C=N–C) groups is 1. The molecule has 0 aromatic carbocycles. The second-order valence-corrected chi connectivity index (χ2v) is 7.19. The first-order valence-electron chi connectivity index (χ1n) is 8.32. The molecule has 1 atom stereocenters. The molecule has 1 aliphatic rings. The van der Waals surface area contributed by atoms with Crippen LogP contribution in [-0.4, -0.2) is 62.1 Å². The van der Waals surface area contributed by atoms with Crippen LogP contribution in [0.25, 0.3) is 0 Å². The molecule has 0 radical (unpaired) electrons. The first kappa shape index (κ1) is 18.7. The molecule has 1 aliphatic heterocycles. The monoisotopic (exact) mass is 353 g/mol. The number of rotatable bonds is 7. The van der Waals surface area contributed by atoms with E-state index in [9.17, 15) is 4.79 Å². The lowest BCUT2D eigenvalue weighted by Gasteiger charge is -2.15. The van der Waals surface area contributed by atoms with Crippen LogP contribution in [0.15, 0.2) is 11.2 Å². The van der Waals surface area contributed by atoms with Crippen LogP contribution in [0.3, 0.4) is 0 Å². The topological polar surface area (TPSA) is 78.9 Å². The third-order valence-corrected chi connectivity index (χ3v) is 4.95. The van der Waals surface area contributed by atoms with Gasteiger partial charge < -0.3 is 20.3 Å². The van der Waals surface area contributed by atoms with Gasteiger partial charge in [-0.2, -0.15) is 0 Å². The fourth-order valence-corrected chi connectivity index (χ4v) is 3.00. The molecule has 1 unspecified atom stereocenters. The van der Waals surface area contributed by atoms with Gasteiger partial charge >= 0.3 is 0 Å². The number of amides is 1. The van der Waals surface area contributed by atoms with Crippen LogP contribution in [0.1, 0.15) is 23.2 Å². The summed E-state index contributed by atoms with van der Waals surface area (Å²) in [4.78, 5) is 23.4. The van der Waals surface area contributed by atoms with Gasteiger partial charge in [0.1, 0.15) is 11.6 Å². The van der Waals surface area contributed by atoms with E-state index < -0.39 is 0 Å². The Morgan fingerprint density at radius 3 is 2.96 bits per heavy atom. The molecule has 1 saturated heterocycles. The first-order valence-corrected chi connectivity index (χ1v) is 9.13. The molecule has 1 aromatic heterocycles. The molecular formula is C16H27N5O2S. The maximum Gasteiger partial charge on any atom is 0.243 e. The minimum atomic E-state index is -0.0252. The lowest BCUT2D eigenvalue weighted by atomic mass is 10.1. The zero-order valence-corrected chi connectivity index (χ0v) is 15.5. The molecular weight excluding hydrogens is 326 g/mol. The average molecular weight is 353 g/mol. The number of nitrogens with one attached hydrogen (secondary N) is 2. The fourth-order valence-electron chi connectivity index (χ4n) is 2.20. The van der Waals surface area contributed by atoms with Crippen LogP contribution in [0.4, 0.5) is 0 Å². The van der Waals surface area contributed by atoms with E-state index in [0.29, 0.717) is 18.4 Å². The van der Waals surface area contributed by atoms with Crippen molar-refractivity contribution in [2.75, 3.05) is 40.4 Å². The maximum absolute atomic E-state index is 11.8. The molecule has 134 valence electrons. The van der Waals surface area contributed by atoms with Crippen molar-refractivity contribution in [3.63, 3.8) is 0 Å². The van der Waals surface area contributed by atoms with Crippen molar-refractivity contribution in [3.05, 3.63) is 16.1 Å². The van der Waals surface area contributed by atoms with Crippen LogP contribution >= 0.6 is 11.3 Å². The Balaban J connectivity index is 1.89. The Kier molecular flexibility index (Phi) is 7.45. The summed E-state index contributed by atoms with van der Waals surface area (Å²) in [7, 11) is 3.46. The normalized spacial score (nSPS) is 17.8. The number of aryl methyl sites for hydroxylation is 1. The molecule has 2 N–H and O–H groups in total. The van der Waals surface area contributed by atoms with Gasteiger partial charge in [-0.3, -0.25) is 4.79 Å². The Labute approximate surface area is 147 Å². The lowest BCUT2D eigenvalue weighted by molar-refractivity contribution is -0.127. The van der Waals surface area contributed by atoms with Gasteiger partial charge in [0.05, 0.1) is 13.2 Å². The number of carbonyl (C=O) groups excluding carboxylic acids is 1. The molecule has 24 heavy (non-hydrogen) atoms. The Morgan fingerprint density at radius 2 is 2.33 bits per heavy atom. The number of hydrogen-bond acceptors (Lipinski definition) is 5. The van der Waals surface area contributed by atoms with Gasteiger partial charge in [0.2, 0.25) is 5.91 Å². The lowest BCUT2D eigenvalue weighted by Crippen LogP contribution is -2.40. The molecule has 7 nitrogen and oxygen atoms in total. The Morgan fingerprint density at radius 1 is 1.50 bits per heavy atom. The summed E-state index contributed by atoms with van der Waals surface area (Å²) in [5, 5.41) is 7.60. The number of thiazole rings is 1. The van der Waals surface area contributed by atoms with Crippen molar-refractivity contribution >= 4 is 23.2 Å². The van der Waals surface area contributed by atoms with E-state index in [1.807, 2.05) is 6.20 Å². The molecule has 1 fully saturated rings. The second kappa shape index (κ2) is 9.58. The highest BCUT2D eigenvalue weighted by Gasteiger charge is 2.16. The van der Waals surface area contributed by atoms with Gasteiger partial charge in [0.15, 0.2) is 5.96 Å². The molecule has 1 amide bonds. The number of guanidine groups is 1. The van der Waals surface area contributed by atoms with Crippen LogP contribution in [-0.2, 0) is 22.5 Å². The Bertz CT molecular complexity index is 552. The maximum atomic E-state index is 11.8. The third kappa shape index (κ3) is 6.09. The fraction of sp³-hybridized carbons (Fsp3) is 0.688. The van der Waals surface area contributed by atoms with Crippen molar-refractivity contribution in [3.8, 4) is 0 Å². The Hall–Kier alpha value is -1.67. The van der Waals surface area contributed by atoms with E-state index in [1.165, 1.54) is 4.88 Å². The molecule has 8 heteroatoms. The number of ether oxygens (including phenoxy) is 1. The van der Waals surface area contributed by atoms with Crippen molar-refractivity contribution in [1.29, 1.82) is 0 Å². The molecule has 0 bridgehead atoms.